The minimum atomic E-state index is -1.45. The van der Waals surface area contributed by atoms with Gasteiger partial charge in [-0.25, -0.2) is 4.79 Å². The zero-order chi connectivity index (χ0) is 36.3. The Morgan fingerprint density at radius 3 is 2.35 bits per heavy atom. The van der Waals surface area contributed by atoms with Crippen LogP contribution >= 0.6 is 0 Å². The summed E-state index contributed by atoms with van der Waals surface area (Å²) in [7, 11) is 1.58. The molecular weight excluding hydrogens is 628 g/mol. The van der Waals surface area contributed by atoms with Gasteiger partial charge in [-0.05, 0) is 64.5 Å². The van der Waals surface area contributed by atoms with E-state index in [2.05, 4.69) is 26.3 Å². The van der Waals surface area contributed by atoms with Crippen molar-refractivity contribution in [3.8, 4) is 11.5 Å². The van der Waals surface area contributed by atoms with Crippen LogP contribution in [0.5, 0.6) is 11.5 Å². The van der Waals surface area contributed by atoms with Crippen LogP contribution in [-0.4, -0.2) is 94.3 Å². The van der Waals surface area contributed by atoms with E-state index in [1.54, 1.807) is 7.11 Å². The second-order valence-electron chi connectivity index (χ2n) is 15.4. The average molecular weight is 683 g/mol. The van der Waals surface area contributed by atoms with Gasteiger partial charge in [-0.3, -0.25) is 19.4 Å². The number of hydrogen-bond acceptors (Lipinski definition) is 8. The van der Waals surface area contributed by atoms with E-state index < -0.39 is 65.0 Å². The fraction of sp³-hybridized carbons (Fsp3) is 0.639. The molecule has 13 nitrogen and oxygen atoms in total. The molecule has 5 atom stereocenters. The smallest absolute Gasteiger partial charge is 0.315 e. The van der Waals surface area contributed by atoms with Crippen molar-refractivity contribution in [2.45, 2.75) is 129 Å². The number of aryl methyl sites for hydroxylation is 1. The molecule has 5 N–H and O–H groups in total. The Kier molecular flexibility index (Phi) is 11.7. The molecule has 4 rings (SSSR count). The molecule has 270 valence electrons. The van der Waals surface area contributed by atoms with E-state index >= 15 is 0 Å². The number of rotatable bonds is 12. The molecule has 0 radical (unpaired) electrons. The van der Waals surface area contributed by atoms with Crippen LogP contribution in [0.25, 0.3) is 10.9 Å². The van der Waals surface area contributed by atoms with Crippen molar-refractivity contribution >= 4 is 34.7 Å². The fourth-order valence-electron chi connectivity index (χ4n) is 6.00. The highest BCUT2D eigenvalue weighted by Crippen LogP contribution is 2.33. The number of likely N-dealkylation sites (tertiary alicyclic amines) is 1. The van der Waals surface area contributed by atoms with Crippen LogP contribution in [0.15, 0.2) is 24.3 Å². The summed E-state index contributed by atoms with van der Waals surface area (Å²) < 4.78 is 11.9. The van der Waals surface area contributed by atoms with Crippen molar-refractivity contribution < 1.29 is 33.8 Å². The molecular formula is C36H54N6O7. The van der Waals surface area contributed by atoms with Gasteiger partial charge in [0.25, 0.3) is 5.91 Å². The maximum Gasteiger partial charge on any atom is 0.315 e. The summed E-state index contributed by atoms with van der Waals surface area (Å²) in [5.41, 5.74) is 0.142. The van der Waals surface area contributed by atoms with E-state index in [0.29, 0.717) is 29.9 Å². The number of nitrogens with one attached hydrogen (secondary N) is 4. The number of carbonyl (C=O) groups excluding carboxylic acids is 4. The highest BCUT2D eigenvalue weighted by Gasteiger charge is 2.47. The Balaban J connectivity index is 1.65. The lowest BCUT2D eigenvalue weighted by atomic mass is 9.85. The van der Waals surface area contributed by atoms with E-state index in [9.17, 15) is 24.3 Å². The molecule has 2 aromatic rings. The van der Waals surface area contributed by atoms with Gasteiger partial charge < -0.3 is 40.7 Å². The number of ether oxygens (including phenoxy) is 2. The zero-order valence-electron chi connectivity index (χ0n) is 30.3. The number of aromatic nitrogens is 1. The summed E-state index contributed by atoms with van der Waals surface area (Å²) in [6, 6.07) is 4.01. The Hall–Kier alpha value is -4.13. The van der Waals surface area contributed by atoms with E-state index in [0.717, 1.165) is 23.9 Å². The predicted molar refractivity (Wildman–Crippen MR) is 186 cm³/mol. The molecule has 2 fully saturated rings. The van der Waals surface area contributed by atoms with Crippen LogP contribution < -0.4 is 30.7 Å². The maximum atomic E-state index is 14.4. The van der Waals surface area contributed by atoms with Crippen molar-refractivity contribution in [3.05, 3.63) is 30.0 Å². The molecule has 1 saturated carbocycles. The number of methoxy groups -OCH3 is 1. The molecule has 1 aromatic carbocycles. The summed E-state index contributed by atoms with van der Waals surface area (Å²) in [5, 5.41) is 23.1. The summed E-state index contributed by atoms with van der Waals surface area (Å²) in [5.74, 6) is -0.280. The number of hydrogen-bond donors (Lipinski definition) is 5. The second-order valence-corrected chi connectivity index (χ2v) is 15.4. The normalized spacial score (nSPS) is 19.8. The number of benzene rings is 1. The lowest BCUT2D eigenvalue weighted by molar-refractivity contribution is -0.143. The van der Waals surface area contributed by atoms with Gasteiger partial charge in [0.05, 0.1) is 25.2 Å². The van der Waals surface area contributed by atoms with Gasteiger partial charge in [0.1, 0.15) is 29.7 Å². The summed E-state index contributed by atoms with van der Waals surface area (Å²) >= 11 is 0. The zero-order valence-corrected chi connectivity index (χ0v) is 30.3. The standard InChI is InChI=1S/C36H54N6O7/c1-10-11-25(29(43)32(45)38-21-12-13-21)39-31(44)27-18-23(49-28-16-20(2)37-26-17-22(48-9)14-15-24(26)28)19-42(27)33(46)30(35(3,4)5)40-34(47)41-36(6,7)8/h14-17,21,23,25,27,29-30,43H,10-13,18-19H2,1-9H3,(H,38,45)(H,39,44)(H2,40,41,47)/t23-,25+,27+,29?,30-/m1/s1. The summed E-state index contributed by atoms with van der Waals surface area (Å²) in [6.45, 7) is 14.9. The molecule has 13 heteroatoms. The van der Waals surface area contributed by atoms with Crippen LogP contribution in [0.4, 0.5) is 4.79 Å². The third kappa shape index (κ3) is 9.96. The van der Waals surface area contributed by atoms with Crippen molar-refractivity contribution in [2.75, 3.05) is 13.7 Å². The Morgan fingerprint density at radius 1 is 1.06 bits per heavy atom. The first-order valence-corrected chi connectivity index (χ1v) is 17.2. The van der Waals surface area contributed by atoms with Gasteiger partial charge in [-0.2, -0.15) is 0 Å². The summed E-state index contributed by atoms with van der Waals surface area (Å²) in [4.78, 5) is 60.4. The van der Waals surface area contributed by atoms with Crippen LogP contribution in [0, 0.1) is 12.3 Å². The first-order chi connectivity index (χ1) is 22.9. The van der Waals surface area contributed by atoms with Crippen molar-refractivity contribution in [3.63, 3.8) is 0 Å². The number of fused-ring (bicyclic) bond motifs is 1. The lowest BCUT2D eigenvalue weighted by Gasteiger charge is -2.36. The molecule has 2 aliphatic rings. The highest BCUT2D eigenvalue weighted by atomic mass is 16.5. The number of nitrogens with zero attached hydrogens (tertiary/aromatic N) is 2. The maximum absolute atomic E-state index is 14.4. The number of aliphatic hydroxyl groups excluding tert-OH is 1. The minimum absolute atomic E-state index is 0.0484. The number of amides is 5. The predicted octanol–water partition coefficient (Wildman–Crippen LogP) is 3.34. The van der Waals surface area contributed by atoms with E-state index in [1.165, 1.54) is 4.90 Å². The summed E-state index contributed by atoms with van der Waals surface area (Å²) in [6.07, 6.45) is 0.789. The van der Waals surface area contributed by atoms with Crippen LogP contribution in [-0.2, 0) is 14.4 Å². The lowest BCUT2D eigenvalue weighted by Crippen LogP contribution is -2.61. The highest BCUT2D eigenvalue weighted by molar-refractivity contribution is 5.94. The SMILES string of the molecule is CCC[C@H](NC(=O)[C@@H]1C[C@@H](Oc2cc(C)nc3cc(OC)ccc23)CN1C(=O)[C@@H](NC(=O)NC(C)(C)C)C(C)(C)C)C(O)C(=O)NC1CC1. The van der Waals surface area contributed by atoms with Gasteiger partial charge in [0.2, 0.25) is 11.8 Å². The Morgan fingerprint density at radius 2 is 1.76 bits per heavy atom. The first kappa shape index (κ1) is 37.7. The topological polar surface area (TPSA) is 171 Å². The van der Waals surface area contributed by atoms with Crippen LogP contribution in [0.1, 0.15) is 86.3 Å². The van der Waals surface area contributed by atoms with Crippen molar-refractivity contribution in [1.82, 2.24) is 31.2 Å². The molecule has 1 aliphatic heterocycles. The monoisotopic (exact) mass is 682 g/mol. The van der Waals surface area contributed by atoms with E-state index in [-0.39, 0.29) is 19.0 Å². The molecule has 5 amide bonds. The second kappa shape index (κ2) is 15.2. The number of aliphatic hydroxyl groups is 1. The fourth-order valence-corrected chi connectivity index (χ4v) is 6.00. The molecule has 1 aliphatic carbocycles. The third-order valence-corrected chi connectivity index (χ3v) is 8.63. The number of carbonyl (C=O) groups is 4. The van der Waals surface area contributed by atoms with Gasteiger partial charge in [-0.15, -0.1) is 0 Å². The van der Waals surface area contributed by atoms with Gasteiger partial charge >= 0.3 is 6.03 Å². The van der Waals surface area contributed by atoms with Gasteiger partial charge in [0, 0.05) is 41.2 Å². The van der Waals surface area contributed by atoms with Crippen molar-refractivity contribution in [2.24, 2.45) is 5.41 Å². The van der Waals surface area contributed by atoms with E-state index in [4.69, 9.17) is 9.47 Å². The quantitative estimate of drug-likeness (QED) is 0.227. The van der Waals surface area contributed by atoms with Crippen LogP contribution in [0.3, 0.4) is 0 Å². The average Bonchev–Trinajstić information content (AvgIpc) is 3.72. The van der Waals surface area contributed by atoms with Gasteiger partial charge in [0.15, 0.2) is 6.10 Å². The molecule has 1 unspecified atom stereocenters. The first-order valence-electron chi connectivity index (χ1n) is 17.2. The molecule has 1 aromatic heterocycles. The number of urea groups is 1. The van der Waals surface area contributed by atoms with E-state index in [1.807, 2.05) is 79.7 Å². The molecule has 49 heavy (non-hydrogen) atoms. The molecule has 0 spiro atoms. The van der Waals surface area contributed by atoms with Crippen LogP contribution in [0.2, 0.25) is 0 Å². The third-order valence-electron chi connectivity index (χ3n) is 8.63. The number of pyridine rings is 1. The minimum Gasteiger partial charge on any atom is -0.497 e. The molecule has 0 bridgehead atoms. The molecule has 1 saturated heterocycles. The molecule has 2 heterocycles. The Labute approximate surface area is 289 Å². The Bertz CT molecular complexity index is 1530. The van der Waals surface area contributed by atoms with Crippen molar-refractivity contribution in [1.29, 1.82) is 0 Å². The largest absolute Gasteiger partial charge is 0.497 e. The van der Waals surface area contributed by atoms with Gasteiger partial charge in [-0.1, -0.05) is 34.1 Å².